The predicted molar refractivity (Wildman–Crippen MR) is 119 cm³/mol. The van der Waals surface area contributed by atoms with Gasteiger partial charge in [0, 0.05) is 18.1 Å². The number of rotatable bonds is 8. The average Bonchev–Trinajstić information content (AvgIpc) is 3.06. The minimum absolute atomic E-state index is 0.0219. The molecule has 0 fully saturated rings. The van der Waals surface area contributed by atoms with Crippen molar-refractivity contribution in [2.75, 3.05) is 13.1 Å². The Kier molecular flexibility index (Phi) is 8.09. The van der Waals surface area contributed by atoms with Gasteiger partial charge in [0.15, 0.2) is 0 Å². The molecule has 2 rings (SSSR count). The van der Waals surface area contributed by atoms with Crippen LogP contribution in [-0.4, -0.2) is 46.4 Å². The molecule has 30 heavy (non-hydrogen) atoms. The Balaban J connectivity index is 2.13. The Morgan fingerprint density at radius 3 is 2.27 bits per heavy atom. The van der Waals surface area contributed by atoms with Crippen molar-refractivity contribution >= 4 is 11.9 Å². The molecule has 0 spiro atoms. The van der Waals surface area contributed by atoms with Crippen molar-refractivity contribution in [2.45, 2.75) is 66.1 Å². The van der Waals surface area contributed by atoms with E-state index < -0.39 is 0 Å². The Morgan fingerprint density at radius 2 is 1.73 bits per heavy atom. The van der Waals surface area contributed by atoms with E-state index in [1.54, 1.807) is 9.80 Å². The lowest BCUT2D eigenvalue weighted by molar-refractivity contribution is -0.133. The van der Waals surface area contributed by atoms with Crippen molar-refractivity contribution in [1.29, 1.82) is 0 Å². The zero-order chi connectivity index (χ0) is 22.3. The summed E-state index contributed by atoms with van der Waals surface area (Å²) in [6, 6.07) is 13.5. The Hall–Kier alpha value is -2.76. The highest BCUT2D eigenvalue weighted by Crippen LogP contribution is 2.13. The number of aryl methyl sites for hydroxylation is 1. The Bertz CT molecular complexity index is 822. The number of hydrogen-bond acceptors (Lipinski definition) is 3. The van der Waals surface area contributed by atoms with E-state index in [2.05, 4.69) is 17.4 Å². The molecule has 3 amide bonds. The van der Waals surface area contributed by atoms with Crippen molar-refractivity contribution in [2.24, 2.45) is 0 Å². The number of carbonyl (C=O) groups is 2. The van der Waals surface area contributed by atoms with Crippen LogP contribution in [0.25, 0.3) is 0 Å². The van der Waals surface area contributed by atoms with Crippen LogP contribution in [0.3, 0.4) is 0 Å². The predicted octanol–water partition coefficient (Wildman–Crippen LogP) is 4.38. The molecule has 1 heterocycles. The third-order valence-corrected chi connectivity index (χ3v) is 4.68. The highest BCUT2D eigenvalue weighted by atomic mass is 16.3. The van der Waals surface area contributed by atoms with E-state index in [-0.39, 0.29) is 30.1 Å². The van der Waals surface area contributed by atoms with Gasteiger partial charge in [-0.1, -0.05) is 30.3 Å². The summed E-state index contributed by atoms with van der Waals surface area (Å²) < 4.78 is 5.70. The minimum Gasteiger partial charge on any atom is -0.464 e. The van der Waals surface area contributed by atoms with Crippen LogP contribution in [-0.2, 0) is 17.8 Å². The Labute approximate surface area is 180 Å². The van der Waals surface area contributed by atoms with Crippen LogP contribution in [0, 0.1) is 6.92 Å². The topological polar surface area (TPSA) is 65.8 Å². The standard InChI is InChI=1S/C24H35N3O3/c1-18(2)27(23(29)25-24(4,5)6)17-22(28)26(16-21-13-12-19(3)30-21)15-14-20-10-8-7-9-11-20/h7-13,18H,14-17H2,1-6H3,(H,25,29). The van der Waals surface area contributed by atoms with Crippen LogP contribution >= 0.6 is 0 Å². The van der Waals surface area contributed by atoms with Crippen LogP contribution in [0.15, 0.2) is 46.9 Å². The first-order valence-corrected chi connectivity index (χ1v) is 10.5. The first kappa shape index (κ1) is 23.5. The van der Waals surface area contributed by atoms with Crippen LogP contribution in [0.2, 0.25) is 0 Å². The quantitative estimate of drug-likeness (QED) is 0.698. The molecule has 0 radical (unpaired) electrons. The third-order valence-electron chi connectivity index (χ3n) is 4.68. The fourth-order valence-corrected chi connectivity index (χ4v) is 3.09. The monoisotopic (exact) mass is 413 g/mol. The number of furan rings is 1. The van der Waals surface area contributed by atoms with Crippen LogP contribution in [0.1, 0.15) is 51.7 Å². The molecule has 1 aromatic carbocycles. The molecular formula is C24H35N3O3. The number of hydrogen-bond donors (Lipinski definition) is 1. The second kappa shape index (κ2) is 10.3. The molecule has 2 aromatic rings. The molecule has 1 N–H and O–H groups in total. The smallest absolute Gasteiger partial charge is 0.318 e. The zero-order valence-electron chi connectivity index (χ0n) is 19.1. The summed E-state index contributed by atoms with van der Waals surface area (Å²) in [6.07, 6.45) is 0.738. The maximum atomic E-state index is 13.2. The van der Waals surface area contributed by atoms with Gasteiger partial charge in [0.1, 0.15) is 18.1 Å². The van der Waals surface area contributed by atoms with Gasteiger partial charge in [0.05, 0.1) is 6.54 Å². The fraction of sp³-hybridized carbons (Fsp3) is 0.500. The van der Waals surface area contributed by atoms with Gasteiger partial charge in [-0.3, -0.25) is 4.79 Å². The summed E-state index contributed by atoms with van der Waals surface area (Å²) in [7, 11) is 0. The van der Waals surface area contributed by atoms with Gasteiger partial charge in [-0.15, -0.1) is 0 Å². The second-order valence-corrected chi connectivity index (χ2v) is 8.97. The van der Waals surface area contributed by atoms with E-state index in [9.17, 15) is 9.59 Å². The molecule has 0 unspecified atom stereocenters. The molecular weight excluding hydrogens is 378 g/mol. The third kappa shape index (κ3) is 7.58. The van der Waals surface area contributed by atoms with Crippen molar-refractivity contribution in [1.82, 2.24) is 15.1 Å². The number of nitrogens with zero attached hydrogens (tertiary/aromatic N) is 2. The summed E-state index contributed by atoms with van der Waals surface area (Å²) >= 11 is 0. The second-order valence-electron chi connectivity index (χ2n) is 8.97. The van der Waals surface area contributed by atoms with E-state index >= 15 is 0 Å². The molecule has 6 heteroatoms. The van der Waals surface area contributed by atoms with Crippen LogP contribution in [0.5, 0.6) is 0 Å². The van der Waals surface area contributed by atoms with Crippen LogP contribution in [0.4, 0.5) is 4.79 Å². The number of carbonyl (C=O) groups excluding carboxylic acids is 2. The van der Waals surface area contributed by atoms with Gasteiger partial charge < -0.3 is 19.5 Å². The first-order chi connectivity index (χ1) is 14.0. The SMILES string of the molecule is Cc1ccc(CN(CCc2ccccc2)C(=O)CN(C(=O)NC(C)(C)C)C(C)C)o1. The first-order valence-electron chi connectivity index (χ1n) is 10.5. The molecule has 0 aliphatic rings. The van der Waals surface area contributed by atoms with Gasteiger partial charge in [-0.25, -0.2) is 4.79 Å². The highest BCUT2D eigenvalue weighted by molar-refractivity contribution is 5.84. The summed E-state index contributed by atoms with van der Waals surface area (Å²) in [5, 5.41) is 2.95. The zero-order valence-corrected chi connectivity index (χ0v) is 19.1. The van der Waals surface area contributed by atoms with Gasteiger partial charge in [-0.2, -0.15) is 0 Å². The molecule has 0 aliphatic heterocycles. The lowest BCUT2D eigenvalue weighted by atomic mass is 10.1. The molecule has 1 aromatic heterocycles. The summed E-state index contributed by atoms with van der Waals surface area (Å²) in [4.78, 5) is 29.3. The molecule has 0 atom stereocenters. The largest absolute Gasteiger partial charge is 0.464 e. The molecule has 164 valence electrons. The van der Waals surface area contributed by atoms with E-state index in [0.29, 0.717) is 13.1 Å². The molecule has 0 aliphatic carbocycles. The molecule has 6 nitrogen and oxygen atoms in total. The lowest BCUT2D eigenvalue weighted by Gasteiger charge is -2.32. The number of nitrogens with one attached hydrogen (secondary N) is 1. The van der Waals surface area contributed by atoms with Gasteiger partial charge in [0.25, 0.3) is 0 Å². The average molecular weight is 414 g/mol. The van der Waals surface area contributed by atoms with Crippen molar-refractivity contribution in [3.63, 3.8) is 0 Å². The van der Waals surface area contributed by atoms with Crippen LogP contribution < -0.4 is 5.32 Å². The fourth-order valence-electron chi connectivity index (χ4n) is 3.09. The van der Waals surface area contributed by atoms with Crippen molar-refractivity contribution in [3.8, 4) is 0 Å². The lowest BCUT2D eigenvalue weighted by Crippen LogP contribution is -2.53. The maximum Gasteiger partial charge on any atom is 0.318 e. The van der Waals surface area contributed by atoms with Gasteiger partial charge in [-0.05, 0) is 65.7 Å². The summed E-state index contributed by atoms with van der Waals surface area (Å²) in [5.74, 6) is 1.45. The van der Waals surface area contributed by atoms with Crippen molar-refractivity contribution in [3.05, 3.63) is 59.5 Å². The molecule has 0 bridgehead atoms. The summed E-state index contributed by atoms with van der Waals surface area (Å²) in [6.45, 7) is 12.5. The molecule has 0 saturated heterocycles. The minimum atomic E-state index is -0.369. The summed E-state index contributed by atoms with van der Waals surface area (Å²) in [5.41, 5.74) is 0.795. The van der Waals surface area contributed by atoms with E-state index in [1.165, 1.54) is 0 Å². The number of benzene rings is 1. The van der Waals surface area contributed by atoms with Gasteiger partial charge >= 0.3 is 6.03 Å². The Morgan fingerprint density at radius 1 is 1.07 bits per heavy atom. The number of urea groups is 1. The maximum absolute atomic E-state index is 13.2. The van der Waals surface area contributed by atoms with E-state index in [4.69, 9.17) is 4.42 Å². The normalized spacial score (nSPS) is 11.4. The van der Waals surface area contributed by atoms with E-state index in [0.717, 1.165) is 23.5 Å². The van der Waals surface area contributed by atoms with E-state index in [1.807, 2.05) is 71.9 Å². The van der Waals surface area contributed by atoms with Crippen molar-refractivity contribution < 1.29 is 14.0 Å². The number of amides is 3. The van der Waals surface area contributed by atoms with Gasteiger partial charge in [0.2, 0.25) is 5.91 Å². The molecule has 0 saturated carbocycles. The highest BCUT2D eigenvalue weighted by Gasteiger charge is 2.26.